The summed E-state index contributed by atoms with van der Waals surface area (Å²) in [7, 11) is 0. The van der Waals surface area contributed by atoms with E-state index < -0.39 is 0 Å². The summed E-state index contributed by atoms with van der Waals surface area (Å²) in [6, 6.07) is 5.35. The van der Waals surface area contributed by atoms with Crippen molar-refractivity contribution >= 4 is 23.2 Å². The molecule has 0 aliphatic carbocycles. The van der Waals surface area contributed by atoms with Crippen LogP contribution >= 0.6 is 23.2 Å². The van der Waals surface area contributed by atoms with Crippen LogP contribution in [-0.4, -0.2) is 0 Å². The Balaban J connectivity index is 3.12. The van der Waals surface area contributed by atoms with Crippen molar-refractivity contribution in [2.24, 2.45) is 11.7 Å². The Morgan fingerprint density at radius 3 is 2.00 bits per heavy atom. The van der Waals surface area contributed by atoms with Gasteiger partial charge in [0.15, 0.2) is 0 Å². The predicted molar refractivity (Wildman–Crippen MR) is 58.2 cm³/mol. The van der Waals surface area contributed by atoms with Gasteiger partial charge in [0.2, 0.25) is 0 Å². The molecule has 1 rings (SSSR count). The van der Waals surface area contributed by atoms with Crippen molar-refractivity contribution in [3.05, 3.63) is 33.8 Å². The molecule has 1 aromatic rings. The lowest BCUT2D eigenvalue weighted by molar-refractivity contribution is 0.514. The first-order valence-corrected chi connectivity index (χ1v) is 4.99. The van der Waals surface area contributed by atoms with E-state index in [1.165, 1.54) is 0 Å². The van der Waals surface area contributed by atoms with Crippen LogP contribution in [0.1, 0.15) is 25.5 Å². The van der Waals surface area contributed by atoms with Gasteiger partial charge in [0.1, 0.15) is 0 Å². The second-order valence-corrected chi connectivity index (χ2v) is 4.22. The third kappa shape index (κ3) is 2.37. The molecule has 1 aromatic carbocycles. The first-order valence-electron chi connectivity index (χ1n) is 4.23. The van der Waals surface area contributed by atoms with E-state index in [0.717, 1.165) is 5.56 Å². The van der Waals surface area contributed by atoms with Gasteiger partial charge in [-0.2, -0.15) is 0 Å². The van der Waals surface area contributed by atoms with E-state index in [0.29, 0.717) is 16.0 Å². The average molecular weight is 218 g/mol. The van der Waals surface area contributed by atoms with Gasteiger partial charge >= 0.3 is 0 Å². The van der Waals surface area contributed by atoms with Gasteiger partial charge in [-0.25, -0.2) is 0 Å². The fourth-order valence-corrected chi connectivity index (χ4v) is 1.81. The molecule has 0 aliphatic rings. The van der Waals surface area contributed by atoms with Crippen LogP contribution in [-0.2, 0) is 0 Å². The summed E-state index contributed by atoms with van der Waals surface area (Å²) in [4.78, 5) is 0. The van der Waals surface area contributed by atoms with Crippen molar-refractivity contribution < 1.29 is 0 Å². The van der Waals surface area contributed by atoms with Crippen LogP contribution in [0.25, 0.3) is 0 Å². The number of hydrogen-bond donors (Lipinski definition) is 1. The smallest absolute Gasteiger partial charge is 0.0468 e. The van der Waals surface area contributed by atoms with E-state index in [4.69, 9.17) is 28.9 Å². The van der Waals surface area contributed by atoms with E-state index in [2.05, 4.69) is 0 Å². The Bertz CT molecular complexity index is 277. The molecule has 2 N–H and O–H groups in total. The first kappa shape index (κ1) is 10.8. The van der Waals surface area contributed by atoms with Crippen LogP contribution < -0.4 is 5.73 Å². The molecule has 1 nitrogen and oxygen atoms in total. The summed E-state index contributed by atoms with van der Waals surface area (Å²) in [5.41, 5.74) is 6.82. The van der Waals surface area contributed by atoms with Crippen molar-refractivity contribution in [3.8, 4) is 0 Å². The van der Waals surface area contributed by atoms with Crippen molar-refractivity contribution in [2.75, 3.05) is 0 Å². The first-order chi connectivity index (χ1) is 6.04. The molecule has 1 atom stereocenters. The summed E-state index contributed by atoms with van der Waals surface area (Å²) < 4.78 is 0. The van der Waals surface area contributed by atoms with Gasteiger partial charge in [-0.15, -0.1) is 0 Å². The monoisotopic (exact) mass is 217 g/mol. The lowest BCUT2D eigenvalue weighted by Crippen LogP contribution is -2.17. The van der Waals surface area contributed by atoms with E-state index in [1.54, 1.807) is 0 Å². The molecule has 0 radical (unpaired) electrons. The molecule has 0 heterocycles. The quantitative estimate of drug-likeness (QED) is 0.805. The van der Waals surface area contributed by atoms with Gasteiger partial charge in [0.05, 0.1) is 0 Å². The van der Waals surface area contributed by atoms with E-state index in [9.17, 15) is 0 Å². The largest absolute Gasteiger partial charge is 0.324 e. The van der Waals surface area contributed by atoms with Gasteiger partial charge in [0.25, 0.3) is 0 Å². The summed E-state index contributed by atoms with van der Waals surface area (Å²) in [5, 5.41) is 1.29. The number of nitrogens with two attached hydrogens (primary N) is 1. The van der Waals surface area contributed by atoms with Crippen molar-refractivity contribution in [2.45, 2.75) is 19.9 Å². The van der Waals surface area contributed by atoms with Crippen LogP contribution in [0.5, 0.6) is 0 Å². The zero-order valence-electron chi connectivity index (χ0n) is 7.72. The highest BCUT2D eigenvalue weighted by Gasteiger charge is 2.16. The van der Waals surface area contributed by atoms with Crippen LogP contribution in [0.4, 0.5) is 0 Å². The molecular formula is C10H13Cl2N. The number of benzene rings is 1. The second kappa shape index (κ2) is 4.32. The highest BCUT2D eigenvalue weighted by Crippen LogP contribution is 2.32. The summed E-state index contributed by atoms with van der Waals surface area (Å²) >= 11 is 12.0. The van der Waals surface area contributed by atoms with Crippen molar-refractivity contribution in [3.63, 3.8) is 0 Å². The standard InChI is InChI=1S/C10H13Cl2N/c1-6(2)10(13)9-7(11)4-3-5-8(9)12/h3-6,10H,13H2,1-2H3/t10-/m0/s1. The Hall–Kier alpha value is -0.240. The lowest BCUT2D eigenvalue weighted by Gasteiger charge is -2.18. The molecule has 13 heavy (non-hydrogen) atoms. The molecule has 0 spiro atoms. The molecule has 3 heteroatoms. The molecule has 0 amide bonds. The van der Waals surface area contributed by atoms with E-state index in [1.807, 2.05) is 32.0 Å². The lowest BCUT2D eigenvalue weighted by atomic mass is 9.97. The minimum atomic E-state index is -0.0961. The van der Waals surface area contributed by atoms with Gasteiger partial charge in [0, 0.05) is 21.7 Å². The maximum absolute atomic E-state index is 6.00. The number of halogens is 2. The topological polar surface area (TPSA) is 26.0 Å². The molecule has 0 aromatic heterocycles. The fraction of sp³-hybridized carbons (Fsp3) is 0.400. The van der Waals surface area contributed by atoms with Crippen LogP contribution in [0.3, 0.4) is 0 Å². The second-order valence-electron chi connectivity index (χ2n) is 3.41. The van der Waals surface area contributed by atoms with Crippen LogP contribution in [0, 0.1) is 5.92 Å². The van der Waals surface area contributed by atoms with Crippen LogP contribution in [0.2, 0.25) is 10.0 Å². The molecular weight excluding hydrogens is 205 g/mol. The number of rotatable bonds is 2. The normalized spacial score (nSPS) is 13.4. The number of hydrogen-bond acceptors (Lipinski definition) is 1. The molecule has 0 aliphatic heterocycles. The van der Waals surface area contributed by atoms with Crippen LogP contribution in [0.15, 0.2) is 18.2 Å². The minimum absolute atomic E-state index is 0.0961. The highest BCUT2D eigenvalue weighted by atomic mass is 35.5. The van der Waals surface area contributed by atoms with E-state index in [-0.39, 0.29) is 6.04 Å². The zero-order chi connectivity index (χ0) is 10.0. The Labute approximate surface area is 88.8 Å². The Morgan fingerprint density at radius 2 is 1.62 bits per heavy atom. The molecule has 0 unspecified atom stereocenters. The summed E-state index contributed by atoms with van der Waals surface area (Å²) in [6.07, 6.45) is 0. The van der Waals surface area contributed by atoms with Crippen molar-refractivity contribution in [1.29, 1.82) is 0 Å². The van der Waals surface area contributed by atoms with Gasteiger partial charge in [-0.1, -0.05) is 43.1 Å². The van der Waals surface area contributed by atoms with Gasteiger partial charge in [-0.3, -0.25) is 0 Å². The zero-order valence-corrected chi connectivity index (χ0v) is 9.23. The predicted octanol–water partition coefficient (Wildman–Crippen LogP) is 3.65. The highest BCUT2D eigenvalue weighted by molar-refractivity contribution is 6.36. The maximum atomic E-state index is 6.00. The molecule has 0 saturated carbocycles. The third-order valence-electron chi connectivity index (χ3n) is 2.05. The summed E-state index contributed by atoms with van der Waals surface area (Å²) in [5.74, 6) is 0.331. The molecule has 0 fully saturated rings. The Morgan fingerprint density at radius 1 is 1.15 bits per heavy atom. The minimum Gasteiger partial charge on any atom is -0.324 e. The molecule has 72 valence electrons. The third-order valence-corrected chi connectivity index (χ3v) is 2.71. The van der Waals surface area contributed by atoms with E-state index >= 15 is 0 Å². The molecule has 0 saturated heterocycles. The van der Waals surface area contributed by atoms with Crippen molar-refractivity contribution in [1.82, 2.24) is 0 Å². The average Bonchev–Trinajstić information content (AvgIpc) is 2.03. The summed E-state index contributed by atoms with van der Waals surface area (Å²) in [6.45, 7) is 4.09. The fourth-order valence-electron chi connectivity index (χ4n) is 1.16. The maximum Gasteiger partial charge on any atom is 0.0468 e. The SMILES string of the molecule is CC(C)[C@H](N)c1c(Cl)cccc1Cl. The van der Waals surface area contributed by atoms with Gasteiger partial charge in [-0.05, 0) is 18.1 Å². The Kier molecular flexibility index (Phi) is 3.60. The van der Waals surface area contributed by atoms with Gasteiger partial charge < -0.3 is 5.73 Å². The molecule has 0 bridgehead atoms.